The second-order valence-corrected chi connectivity index (χ2v) is 5.17. The number of aryl methyl sites for hydroxylation is 3. The van der Waals surface area contributed by atoms with E-state index in [1.165, 1.54) is 11.1 Å². The Morgan fingerprint density at radius 3 is 2.05 bits per heavy atom. The largest absolute Gasteiger partial charge is 0.436 e. The van der Waals surface area contributed by atoms with Crippen LogP contribution in [0.4, 0.5) is 0 Å². The summed E-state index contributed by atoms with van der Waals surface area (Å²) in [5.41, 5.74) is 5.44. The first-order valence-electron chi connectivity index (χ1n) is 6.75. The molecule has 2 nitrogen and oxygen atoms in total. The molecule has 0 amide bonds. The second kappa shape index (κ2) is 4.97. The smallest absolute Gasteiger partial charge is 0.227 e. The van der Waals surface area contributed by atoms with Crippen LogP contribution in [0.15, 0.2) is 52.9 Å². The van der Waals surface area contributed by atoms with Gasteiger partial charge in [0, 0.05) is 11.1 Å². The molecule has 0 fully saturated rings. The summed E-state index contributed by atoms with van der Waals surface area (Å²) in [5.74, 6) is 1.54. The third-order valence-electron chi connectivity index (χ3n) is 3.34. The van der Waals surface area contributed by atoms with Crippen molar-refractivity contribution in [3.63, 3.8) is 0 Å². The van der Waals surface area contributed by atoms with Crippen molar-refractivity contribution in [2.24, 2.45) is 0 Å². The molecule has 0 saturated carbocycles. The number of hydrogen-bond donors (Lipinski definition) is 0. The second-order valence-electron chi connectivity index (χ2n) is 5.17. The van der Waals surface area contributed by atoms with E-state index < -0.39 is 0 Å². The first kappa shape index (κ1) is 12.7. The molecule has 0 aliphatic carbocycles. The van der Waals surface area contributed by atoms with Gasteiger partial charge in [-0.15, -0.1) is 0 Å². The minimum Gasteiger partial charge on any atom is -0.436 e. The summed E-state index contributed by atoms with van der Waals surface area (Å²) < 4.78 is 5.99. The molecule has 0 saturated heterocycles. The van der Waals surface area contributed by atoms with E-state index in [-0.39, 0.29) is 0 Å². The summed E-state index contributed by atoms with van der Waals surface area (Å²) in [4.78, 5) is 4.56. The van der Waals surface area contributed by atoms with E-state index in [1.807, 2.05) is 25.1 Å². The highest BCUT2D eigenvalue weighted by atomic mass is 16.4. The summed E-state index contributed by atoms with van der Waals surface area (Å²) in [7, 11) is 0. The van der Waals surface area contributed by atoms with E-state index in [0.29, 0.717) is 5.89 Å². The fourth-order valence-electron chi connectivity index (χ4n) is 2.35. The number of rotatable bonds is 2. The van der Waals surface area contributed by atoms with Gasteiger partial charge < -0.3 is 4.42 Å². The molecule has 0 N–H and O–H groups in total. The lowest BCUT2D eigenvalue weighted by molar-refractivity contribution is 0.588. The molecular weight excluding hydrogens is 246 g/mol. The normalized spacial score (nSPS) is 10.8. The van der Waals surface area contributed by atoms with Crippen molar-refractivity contribution in [1.29, 1.82) is 0 Å². The average Bonchev–Trinajstić information content (AvgIpc) is 2.81. The van der Waals surface area contributed by atoms with Gasteiger partial charge in [-0.2, -0.15) is 0 Å². The van der Waals surface area contributed by atoms with Crippen molar-refractivity contribution in [3.05, 3.63) is 65.4 Å². The monoisotopic (exact) mass is 263 g/mol. The molecule has 2 aromatic carbocycles. The van der Waals surface area contributed by atoms with Crippen LogP contribution in [0, 0.1) is 20.8 Å². The van der Waals surface area contributed by atoms with Gasteiger partial charge in [0.2, 0.25) is 5.89 Å². The predicted molar refractivity (Wildman–Crippen MR) is 81.6 cm³/mol. The Hall–Kier alpha value is -2.35. The summed E-state index contributed by atoms with van der Waals surface area (Å²) >= 11 is 0. The molecule has 0 aliphatic rings. The first-order valence-corrected chi connectivity index (χ1v) is 6.75. The fourth-order valence-corrected chi connectivity index (χ4v) is 2.35. The van der Waals surface area contributed by atoms with Gasteiger partial charge in [0.05, 0.1) is 5.69 Å². The molecule has 3 aromatic rings. The van der Waals surface area contributed by atoms with Gasteiger partial charge in [0.25, 0.3) is 0 Å². The lowest BCUT2D eigenvalue weighted by Gasteiger charge is -1.99. The SMILES string of the molecule is Cc1cccc(-c2nc(C)c(-c3cccc(C)c3)o2)c1. The van der Waals surface area contributed by atoms with Crippen LogP contribution in [0.1, 0.15) is 16.8 Å². The zero-order valence-electron chi connectivity index (χ0n) is 12.0. The molecule has 0 unspecified atom stereocenters. The van der Waals surface area contributed by atoms with Gasteiger partial charge in [-0.05, 0) is 39.0 Å². The van der Waals surface area contributed by atoms with Crippen LogP contribution in [-0.2, 0) is 0 Å². The maximum absolute atomic E-state index is 5.99. The molecule has 1 aromatic heterocycles. The zero-order chi connectivity index (χ0) is 14.1. The average molecular weight is 263 g/mol. The van der Waals surface area contributed by atoms with Crippen molar-refractivity contribution in [2.45, 2.75) is 20.8 Å². The molecule has 20 heavy (non-hydrogen) atoms. The maximum Gasteiger partial charge on any atom is 0.227 e. The van der Waals surface area contributed by atoms with Crippen molar-refractivity contribution in [2.75, 3.05) is 0 Å². The molecule has 100 valence electrons. The van der Waals surface area contributed by atoms with Crippen LogP contribution in [0.2, 0.25) is 0 Å². The number of hydrogen-bond acceptors (Lipinski definition) is 2. The van der Waals surface area contributed by atoms with Crippen LogP contribution in [-0.4, -0.2) is 4.98 Å². The number of oxazole rings is 1. The van der Waals surface area contributed by atoms with Crippen LogP contribution in [0.3, 0.4) is 0 Å². The Kier molecular flexibility index (Phi) is 3.15. The highest BCUT2D eigenvalue weighted by molar-refractivity contribution is 5.64. The molecule has 0 atom stereocenters. The highest BCUT2D eigenvalue weighted by Gasteiger charge is 2.13. The van der Waals surface area contributed by atoms with Crippen LogP contribution < -0.4 is 0 Å². The van der Waals surface area contributed by atoms with E-state index in [0.717, 1.165) is 22.6 Å². The number of aromatic nitrogens is 1. The molecule has 1 heterocycles. The lowest BCUT2D eigenvalue weighted by Crippen LogP contribution is -1.80. The topological polar surface area (TPSA) is 26.0 Å². The summed E-state index contributed by atoms with van der Waals surface area (Å²) in [6.45, 7) is 6.14. The van der Waals surface area contributed by atoms with E-state index >= 15 is 0 Å². The van der Waals surface area contributed by atoms with Gasteiger partial charge in [-0.25, -0.2) is 4.98 Å². The molecule has 0 bridgehead atoms. The quantitative estimate of drug-likeness (QED) is 0.655. The van der Waals surface area contributed by atoms with Crippen molar-refractivity contribution < 1.29 is 4.42 Å². The summed E-state index contributed by atoms with van der Waals surface area (Å²) in [6.07, 6.45) is 0. The molecule has 0 spiro atoms. The molecule has 3 rings (SSSR count). The molecule has 0 aliphatic heterocycles. The third-order valence-corrected chi connectivity index (χ3v) is 3.34. The molecule has 2 heteroatoms. The Morgan fingerprint density at radius 2 is 1.40 bits per heavy atom. The van der Waals surface area contributed by atoms with Crippen molar-refractivity contribution in [1.82, 2.24) is 4.98 Å². The van der Waals surface area contributed by atoms with Crippen molar-refractivity contribution >= 4 is 0 Å². The summed E-state index contributed by atoms with van der Waals surface area (Å²) in [5, 5.41) is 0. The van der Waals surface area contributed by atoms with Gasteiger partial charge >= 0.3 is 0 Å². The van der Waals surface area contributed by atoms with E-state index in [9.17, 15) is 0 Å². The van der Waals surface area contributed by atoms with E-state index in [1.54, 1.807) is 0 Å². The van der Waals surface area contributed by atoms with Gasteiger partial charge in [0.1, 0.15) is 0 Å². The minimum absolute atomic E-state index is 0.683. The van der Waals surface area contributed by atoms with E-state index in [4.69, 9.17) is 4.42 Å². The highest BCUT2D eigenvalue weighted by Crippen LogP contribution is 2.30. The van der Waals surface area contributed by atoms with Gasteiger partial charge in [-0.3, -0.25) is 0 Å². The standard InChI is InChI=1S/C18H17NO/c1-12-6-4-8-15(10-12)17-14(3)19-18(20-17)16-9-5-7-13(2)11-16/h4-11H,1-3H3. The number of benzene rings is 2. The predicted octanol–water partition coefficient (Wildman–Crippen LogP) is 4.93. The Labute approximate surface area is 119 Å². The Balaban J connectivity index is 2.08. The minimum atomic E-state index is 0.683. The fraction of sp³-hybridized carbons (Fsp3) is 0.167. The van der Waals surface area contributed by atoms with Gasteiger partial charge in [-0.1, -0.05) is 41.5 Å². The first-order chi connectivity index (χ1) is 9.63. The van der Waals surface area contributed by atoms with Crippen LogP contribution in [0.5, 0.6) is 0 Å². The zero-order valence-corrected chi connectivity index (χ0v) is 12.0. The van der Waals surface area contributed by atoms with Gasteiger partial charge in [0.15, 0.2) is 5.76 Å². The molecule has 0 radical (unpaired) electrons. The van der Waals surface area contributed by atoms with Crippen molar-refractivity contribution in [3.8, 4) is 22.8 Å². The van der Waals surface area contributed by atoms with Crippen LogP contribution in [0.25, 0.3) is 22.8 Å². The lowest BCUT2D eigenvalue weighted by atomic mass is 10.1. The van der Waals surface area contributed by atoms with E-state index in [2.05, 4.69) is 49.2 Å². The third kappa shape index (κ3) is 2.37. The molecular formula is C18H17NO. The Morgan fingerprint density at radius 1 is 0.800 bits per heavy atom. The number of nitrogens with zero attached hydrogens (tertiary/aromatic N) is 1. The van der Waals surface area contributed by atoms with Crippen LogP contribution >= 0.6 is 0 Å². The maximum atomic E-state index is 5.99. The summed E-state index contributed by atoms with van der Waals surface area (Å²) in [6, 6.07) is 16.5. The Bertz CT molecular complexity index is 756.